The van der Waals surface area contributed by atoms with E-state index >= 15 is 0 Å². The molecule has 8 heteroatoms. The van der Waals surface area contributed by atoms with Crippen LogP contribution in [0.1, 0.15) is 112 Å². The molecule has 1 N–H and O–H groups in total. The van der Waals surface area contributed by atoms with Gasteiger partial charge in [-0.05, 0) is 49.9 Å². The first-order valence-electron chi connectivity index (χ1n) is 13.4. The summed E-state index contributed by atoms with van der Waals surface area (Å²) in [4.78, 5) is 0. The molecule has 0 rings (SSSR count). The van der Waals surface area contributed by atoms with Crippen molar-refractivity contribution in [1.29, 1.82) is 0 Å². The molecule has 0 spiro atoms. The molecule has 0 aromatic rings. The van der Waals surface area contributed by atoms with Gasteiger partial charge in [0.05, 0.1) is 33.4 Å². The third kappa shape index (κ3) is 31.8. The molecule has 0 aromatic carbocycles. The smallest absolute Gasteiger partial charge is 0.217 e. The van der Waals surface area contributed by atoms with Crippen molar-refractivity contribution < 1.29 is 31.7 Å². The highest BCUT2D eigenvalue weighted by Crippen LogP contribution is 2.22. The van der Waals surface area contributed by atoms with Gasteiger partial charge in [0.15, 0.2) is 0 Å². The molecule has 2 unspecified atom stereocenters. The number of ether oxygens (including phenoxy) is 1. The number of unbranched alkanes of at least 4 members (excludes halogenated alkanes) is 7. The van der Waals surface area contributed by atoms with Crippen LogP contribution in [-0.4, -0.2) is 62.8 Å². The Labute approximate surface area is 212 Å². The lowest BCUT2D eigenvalue weighted by Gasteiger charge is -2.24. The van der Waals surface area contributed by atoms with Crippen molar-refractivity contribution in [3.8, 4) is 0 Å². The summed E-state index contributed by atoms with van der Waals surface area (Å²) in [5, 5.41) is 9.43. The zero-order valence-corrected chi connectivity index (χ0v) is 24.4. The Morgan fingerprint density at radius 2 is 1.29 bits per heavy atom. The molecule has 7 nitrogen and oxygen atoms in total. The Kier molecular flexibility index (Phi) is 22.1. The number of nitrogens with zero attached hydrogens (tertiary/aromatic N) is 1. The Balaban J connectivity index is 0. The Morgan fingerprint density at radius 1 is 0.794 bits per heavy atom. The summed E-state index contributed by atoms with van der Waals surface area (Å²) >= 11 is 0. The maximum Gasteiger partial charge on any atom is 0.217 e. The van der Waals surface area contributed by atoms with Crippen LogP contribution in [0.4, 0.5) is 0 Å². The normalized spacial score (nSPS) is 14.2. The van der Waals surface area contributed by atoms with Gasteiger partial charge < -0.3 is 9.29 Å². The number of rotatable bonds is 20. The van der Waals surface area contributed by atoms with Gasteiger partial charge in [0.2, 0.25) is 10.4 Å². The molecule has 208 valence electrons. The zero-order valence-electron chi connectivity index (χ0n) is 23.6. The highest BCUT2D eigenvalue weighted by atomic mass is 32.3. The van der Waals surface area contributed by atoms with E-state index in [2.05, 4.69) is 45.7 Å². The van der Waals surface area contributed by atoms with Crippen molar-refractivity contribution in [2.75, 3.05) is 33.9 Å². The lowest BCUT2D eigenvalue weighted by Crippen LogP contribution is -2.36. The molecule has 0 aliphatic heterocycles. The van der Waals surface area contributed by atoms with Crippen LogP contribution < -0.4 is 0 Å². The predicted octanol–water partition coefficient (Wildman–Crippen LogP) is 6.56. The van der Waals surface area contributed by atoms with E-state index in [1.165, 1.54) is 44.9 Å². The zero-order chi connectivity index (χ0) is 26.6. The number of hydroxylamine groups is 3. The standard InChI is InChI=1S/C14H30O5S.C12H28NO/c1-11(2)8-13(5)10-14(9-12(3)4)18-6-7-19-20(15,16)17;1-4-5-6-7-8-9-10-11-12-13(2,3)14/h11-14H,6-10H2,1-5H3,(H,15,16,17);14H,4-12H2,1-3H3/q;+1/p-1. The van der Waals surface area contributed by atoms with Crippen LogP contribution in [0.15, 0.2) is 0 Å². The summed E-state index contributed by atoms with van der Waals surface area (Å²) in [5.74, 6) is 1.72. The fraction of sp³-hybridized carbons (Fsp3) is 1.00. The van der Waals surface area contributed by atoms with E-state index in [0.29, 0.717) is 17.8 Å². The number of hydrogen-bond acceptors (Lipinski definition) is 6. The topological polar surface area (TPSA) is 95.9 Å². The minimum absolute atomic E-state index is 0.0849. The van der Waals surface area contributed by atoms with E-state index in [4.69, 9.17) is 4.74 Å². The van der Waals surface area contributed by atoms with Gasteiger partial charge in [-0.15, -0.1) is 0 Å². The molecule has 0 bridgehead atoms. The molecule has 2 atom stereocenters. The van der Waals surface area contributed by atoms with Crippen molar-refractivity contribution >= 4 is 10.4 Å². The molecule has 0 heterocycles. The van der Waals surface area contributed by atoms with Crippen LogP contribution in [0.3, 0.4) is 0 Å². The lowest BCUT2D eigenvalue weighted by atomic mass is 9.91. The molecule has 0 aliphatic rings. The van der Waals surface area contributed by atoms with Crippen molar-refractivity contribution in [2.24, 2.45) is 17.8 Å². The van der Waals surface area contributed by atoms with E-state index in [1.54, 1.807) is 0 Å². The average molecular weight is 512 g/mol. The minimum Gasteiger partial charge on any atom is -0.726 e. The SMILES string of the molecule is CC(C)CC(C)CC(CC(C)C)OCCOS(=O)(=O)[O-].CCCCCCCCCC[N+](C)(C)O. The van der Waals surface area contributed by atoms with Crippen LogP contribution in [0, 0.1) is 17.8 Å². The van der Waals surface area contributed by atoms with Crippen LogP contribution in [0.5, 0.6) is 0 Å². The van der Waals surface area contributed by atoms with Gasteiger partial charge >= 0.3 is 0 Å². The third-order valence-corrected chi connectivity index (χ3v) is 5.95. The first-order valence-corrected chi connectivity index (χ1v) is 14.8. The van der Waals surface area contributed by atoms with E-state index < -0.39 is 10.4 Å². The monoisotopic (exact) mass is 511 g/mol. The molecule has 0 radical (unpaired) electrons. The third-order valence-electron chi connectivity index (χ3n) is 5.50. The summed E-state index contributed by atoms with van der Waals surface area (Å²) in [7, 11) is -0.945. The summed E-state index contributed by atoms with van der Waals surface area (Å²) in [6.45, 7) is 13.9. The second kappa shape index (κ2) is 20.9. The molecule has 0 saturated heterocycles. The molecule has 0 saturated carbocycles. The van der Waals surface area contributed by atoms with Crippen molar-refractivity contribution in [2.45, 2.75) is 118 Å². The molecule has 0 fully saturated rings. The lowest BCUT2D eigenvalue weighted by molar-refractivity contribution is -1.07. The molecule has 0 aliphatic carbocycles. The number of quaternary nitrogens is 1. The fourth-order valence-electron chi connectivity index (χ4n) is 4.09. The van der Waals surface area contributed by atoms with Crippen molar-refractivity contribution in [1.82, 2.24) is 0 Å². The van der Waals surface area contributed by atoms with E-state index in [1.807, 2.05) is 14.1 Å². The van der Waals surface area contributed by atoms with Crippen LogP contribution in [0.25, 0.3) is 0 Å². The molecule has 0 aromatic heterocycles. The summed E-state index contributed by atoms with van der Waals surface area (Å²) in [6, 6.07) is 0. The summed E-state index contributed by atoms with van der Waals surface area (Å²) < 4.78 is 40.9. The summed E-state index contributed by atoms with van der Waals surface area (Å²) in [6.07, 6.45) is 13.7. The van der Waals surface area contributed by atoms with Gasteiger partial charge in [-0.3, -0.25) is 4.18 Å². The second-order valence-electron chi connectivity index (χ2n) is 11.1. The van der Waals surface area contributed by atoms with Crippen LogP contribution >= 0.6 is 0 Å². The highest BCUT2D eigenvalue weighted by molar-refractivity contribution is 7.80. The Bertz CT molecular complexity index is 546. The molecular weight excluding hydrogens is 454 g/mol. The maximum absolute atomic E-state index is 10.3. The highest BCUT2D eigenvalue weighted by Gasteiger charge is 2.16. The maximum atomic E-state index is 10.3. The van der Waals surface area contributed by atoms with Gasteiger partial charge in [-0.1, -0.05) is 80.1 Å². The van der Waals surface area contributed by atoms with E-state index in [0.717, 1.165) is 32.2 Å². The fourth-order valence-corrected chi connectivity index (χ4v) is 4.36. The number of hydrogen-bond donors (Lipinski definition) is 1. The Morgan fingerprint density at radius 3 is 1.74 bits per heavy atom. The molecule has 0 amide bonds. The summed E-state index contributed by atoms with van der Waals surface area (Å²) in [5.41, 5.74) is 0. The Hall–Kier alpha value is -0.250. The second-order valence-corrected chi connectivity index (χ2v) is 12.2. The van der Waals surface area contributed by atoms with Gasteiger partial charge in [0.25, 0.3) is 0 Å². The van der Waals surface area contributed by atoms with E-state index in [-0.39, 0.29) is 24.0 Å². The largest absolute Gasteiger partial charge is 0.726 e. The first kappa shape index (κ1) is 35.9. The van der Waals surface area contributed by atoms with Crippen LogP contribution in [0.2, 0.25) is 0 Å². The molecular formula is C26H57NO6S. The van der Waals surface area contributed by atoms with E-state index in [9.17, 15) is 18.2 Å². The van der Waals surface area contributed by atoms with Crippen LogP contribution in [-0.2, 0) is 19.3 Å². The molecule has 34 heavy (non-hydrogen) atoms. The quantitative estimate of drug-likeness (QED) is 0.0654. The minimum atomic E-state index is -4.61. The van der Waals surface area contributed by atoms with Crippen molar-refractivity contribution in [3.63, 3.8) is 0 Å². The first-order chi connectivity index (χ1) is 15.7. The predicted molar refractivity (Wildman–Crippen MR) is 139 cm³/mol. The van der Waals surface area contributed by atoms with Gasteiger partial charge in [0, 0.05) is 0 Å². The van der Waals surface area contributed by atoms with Crippen molar-refractivity contribution in [3.05, 3.63) is 0 Å². The van der Waals surface area contributed by atoms with Gasteiger partial charge in [0.1, 0.15) is 6.54 Å². The van der Waals surface area contributed by atoms with Gasteiger partial charge in [-0.25, -0.2) is 13.6 Å². The average Bonchev–Trinajstić information content (AvgIpc) is 2.65. The van der Waals surface area contributed by atoms with Gasteiger partial charge in [-0.2, -0.15) is 4.65 Å².